The van der Waals surface area contributed by atoms with E-state index in [0.717, 1.165) is 42.9 Å². The lowest BCUT2D eigenvalue weighted by Crippen LogP contribution is -2.63. The normalized spacial score (nSPS) is 26.3. The van der Waals surface area contributed by atoms with Gasteiger partial charge in [0, 0.05) is 33.2 Å². The van der Waals surface area contributed by atoms with E-state index in [9.17, 15) is 9.90 Å². The van der Waals surface area contributed by atoms with E-state index in [1.54, 1.807) is 11.9 Å². The average molecular weight is 318 g/mol. The Morgan fingerprint density at radius 3 is 2.61 bits per heavy atom. The highest BCUT2D eigenvalue weighted by Gasteiger charge is 2.44. The maximum absolute atomic E-state index is 12.2. The Morgan fingerprint density at radius 2 is 1.96 bits per heavy atom. The molecule has 1 aromatic rings. The number of carbonyl (C=O) groups excluding carboxylic acids is 1. The summed E-state index contributed by atoms with van der Waals surface area (Å²) in [5.74, 6) is 0.812. The van der Waals surface area contributed by atoms with Crippen molar-refractivity contribution in [3.8, 4) is 5.75 Å². The quantitative estimate of drug-likeness (QED) is 0.910. The van der Waals surface area contributed by atoms with Crippen molar-refractivity contribution >= 4 is 5.91 Å². The van der Waals surface area contributed by atoms with Gasteiger partial charge < -0.3 is 14.7 Å². The zero-order chi connectivity index (χ0) is 16.6. The van der Waals surface area contributed by atoms with Crippen LogP contribution < -0.4 is 4.74 Å². The van der Waals surface area contributed by atoms with Gasteiger partial charge in [-0.1, -0.05) is 18.2 Å². The van der Waals surface area contributed by atoms with E-state index >= 15 is 0 Å². The molecular formula is C18H26N2O3. The molecule has 2 aliphatic heterocycles. The first kappa shape index (κ1) is 16.3. The molecule has 1 atom stereocenters. The van der Waals surface area contributed by atoms with Crippen LogP contribution in [0.25, 0.3) is 0 Å². The molecule has 3 rings (SSSR count). The Kier molecular flexibility index (Phi) is 4.34. The number of hydrogen-bond acceptors (Lipinski definition) is 4. The van der Waals surface area contributed by atoms with Gasteiger partial charge in [0.1, 0.15) is 11.9 Å². The first-order valence-electron chi connectivity index (χ1n) is 8.32. The van der Waals surface area contributed by atoms with E-state index in [2.05, 4.69) is 30.9 Å². The molecule has 0 aliphatic carbocycles. The summed E-state index contributed by atoms with van der Waals surface area (Å²) in [5, 5.41) is 10.6. The fourth-order valence-corrected chi connectivity index (χ4v) is 3.57. The van der Waals surface area contributed by atoms with E-state index < -0.39 is 5.60 Å². The van der Waals surface area contributed by atoms with Crippen LogP contribution in [0.4, 0.5) is 0 Å². The molecule has 0 radical (unpaired) electrons. The standard InChI is InChI=1S/C18H26N2O3/c1-13-6-4-7-14(2)16(13)23-15-10-20(11-15)12-18(22)8-5-9-19(3)17(18)21/h4,6-7,15,22H,5,8-12H2,1-3H3/t18-/m0/s1. The third kappa shape index (κ3) is 3.21. The number of hydrogen-bond donors (Lipinski definition) is 1. The molecule has 2 aliphatic rings. The van der Waals surface area contributed by atoms with Gasteiger partial charge in [0.25, 0.3) is 5.91 Å². The monoisotopic (exact) mass is 318 g/mol. The molecule has 2 saturated heterocycles. The molecule has 2 fully saturated rings. The molecule has 0 spiro atoms. The zero-order valence-corrected chi connectivity index (χ0v) is 14.2. The number of ether oxygens (including phenoxy) is 1. The van der Waals surface area contributed by atoms with Gasteiger partial charge in [-0.3, -0.25) is 9.69 Å². The summed E-state index contributed by atoms with van der Waals surface area (Å²) < 4.78 is 6.09. The summed E-state index contributed by atoms with van der Waals surface area (Å²) in [7, 11) is 1.76. The molecule has 126 valence electrons. The van der Waals surface area contributed by atoms with Crippen molar-refractivity contribution in [2.24, 2.45) is 0 Å². The first-order chi connectivity index (χ1) is 10.9. The Hall–Kier alpha value is -1.59. The summed E-state index contributed by atoms with van der Waals surface area (Å²) in [6.07, 6.45) is 1.54. The molecule has 1 N–H and O–H groups in total. The lowest BCUT2D eigenvalue weighted by Gasteiger charge is -2.45. The van der Waals surface area contributed by atoms with Crippen LogP contribution in [0, 0.1) is 13.8 Å². The van der Waals surface area contributed by atoms with Gasteiger partial charge in [0.2, 0.25) is 0 Å². The second-order valence-electron chi connectivity index (χ2n) is 7.02. The summed E-state index contributed by atoms with van der Waals surface area (Å²) in [6.45, 7) is 6.76. The van der Waals surface area contributed by atoms with Crippen molar-refractivity contribution in [1.29, 1.82) is 0 Å². The molecule has 2 heterocycles. The smallest absolute Gasteiger partial charge is 0.255 e. The summed E-state index contributed by atoms with van der Waals surface area (Å²) in [4.78, 5) is 15.9. The molecular weight excluding hydrogens is 292 g/mol. The Balaban J connectivity index is 1.54. The van der Waals surface area contributed by atoms with Crippen molar-refractivity contribution in [2.75, 3.05) is 33.2 Å². The largest absolute Gasteiger partial charge is 0.487 e. The van der Waals surface area contributed by atoms with Crippen LogP contribution in [0.2, 0.25) is 0 Å². The SMILES string of the molecule is Cc1cccc(C)c1OC1CN(C[C@@]2(O)CCCN(C)C2=O)C1. The second kappa shape index (κ2) is 6.13. The lowest BCUT2D eigenvalue weighted by molar-refractivity contribution is -0.160. The molecule has 0 saturated carbocycles. The molecule has 1 aromatic carbocycles. The number of aliphatic hydroxyl groups is 1. The molecule has 5 heteroatoms. The Morgan fingerprint density at radius 1 is 1.30 bits per heavy atom. The fourth-order valence-electron chi connectivity index (χ4n) is 3.57. The van der Waals surface area contributed by atoms with E-state index in [-0.39, 0.29) is 12.0 Å². The minimum atomic E-state index is -1.23. The average Bonchev–Trinajstić information content (AvgIpc) is 2.46. The number of piperidine rings is 1. The van der Waals surface area contributed by atoms with Crippen LogP contribution in [0.5, 0.6) is 5.75 Å². The predicted octanol–water partition coefficient (Wildman–Crippen LogP) is 1.35. The van der Waals surface area contributed by atoms with Crippen molar-refractivity contribution in [1.82, 2.24) is 9.80 Å². The van der Waals surface area contributed by atoms with E-state index in [4.69, 9.17) is 4.74 Å². The van der Waals surface area contributed by atoms with Crippen LogP contribution in [-0.4, -0.2) is 65.7 Å². The van der Waals surface area contributed by atoms with Gasteiger partial charge in [-0.05, 0) is 37.8 Å². The molecule has 1 amide bonds. The van der Waals surface area contributed by atoms with Gasteiger partial charge in [0.15, 0.2) is 5.60 Å². The molecule has 0 aromatic heterocycles. The second-order valence-corrected chi connectivity index (χ2v) is 7.02. The summed E-state index contributed by atoms with van der Waals surface area (Å²) >= 11 is 0. The highest BCUT2D eigenvalue weighted by molar-refractivity contribution is 5.85. The van der Waals surface area contributed by atoms with Crippen LogP contribution in [0.15, 0.2) is 18.2 Å². The van der Waals surface area contributed by atoms with Crippen molar-refractivity contribution in [2.45, 2.75) is 38.4 Å². The van der Waals surface area contributed by atoms with Crippen LogP contribution >= 0.6 is 0 Å². The van der Waals surface area contributed by atoms with Gasteiger partial charge in [-0.2, -0.15) is 0 Å². The minimum absolute atomic E-state index is 0.134. The van der Waals surface area contributed by atoms with Crippen LogP contribution in [0.3, 0.4) is 0 Å². The number of β-amino-alcohol motifs (C(OH)–C–C–N with tert-alkyl or cyclic N) is 1. The maximum atomic E-state index is 12.2. The summed E-state index contributed by atoms with van der Waals surface area (Å²) in [5.41, 5.74) is 1.06. The van der Waals surface area contributed by atoms with E-state index in [1.165, 1.54) is 0 Å². The number of benzene rings is 1. The third-order valence-corrected chi connectivity index (χ3v) is 4.93. The Labute approximate surface area is 137 Å². The Bertz CT molecular complexity index is 578. The summed E-state index contributed by atoms with van der Waals surface area (Å²) in [6, 6.07) is 6.14. The van der Waals surface area contributed by atoms with Gasteiger partial charge in [-0.25, -0.2) is 0 Å². The minimum Gasteiger partial charge on any atom is -0.487 e. The molecule has 23 heavy (non-hydrogen) atoms. The van der Waals surface area contributed by atoms with Gasteiger partial charge >= 0.3 is 0 Å². The van der Waals surface area contributed by atoms with E-state index in [1.807, 2.05) is 6.07 Å². The maximum Gasteiger partial charge on any atom is 0.255 e. The van der Waals surface area contributed by atoms with Crippen molar-refractivity contribution in [3.05, 3.63) is 29.3 Å². The van der Waals surface area contributed by atoms with Gasteiger partial charge in [-0.15, -0.1) is 0 Å². The van der Waals surface area contributed by atoms with Crippen LogP contribution in [-0.2, 0) is 4.79 Å². The highest BCUT2D eigenvalue weighted by atomic mass is 16.5. The number of rotatable bonds is 4. The number of aryl methyl sites for hydroxylation is 2. The number of carbonyl (C=O) groups is 1. The number of para-hydroxylation sites is 1. The van der Waals surface area contributed by atoms with Crippen molar-refractivity contribution in [3.63, 3.8) is 0 Å². The first-order valence-corrected chi connectivity index (χ1v) is 8.32. The van der Waals surface area contributed by atoms with E-state index in [0.29, 0.717) is 13.0 Å². The third-order valence-electron chi connectivity index (χ3n) is 4.93. The number of likely N-dealkylation sites (tertiary alicyclic amines) is 2. The topological polar surface area (TPSA) is 53.0 Å². The number of likely N-dealkylation sites (N-methyl/N-ethyl adjacent to an activating group) is 1. The predicted molar refractivity (Wildman–Crippen MR) is 88.6 cm³/mol. The van der Waals surface area contributed by atoms with Gasteiger partial charge in [0.05, 0.1) is 0 Å². The van der Waals surface area contributed by atoms with Crippen LogP contribution in [0.1, 0.15) is 24.0 Å². The zero-order valence-electron chi connectivity index (χ0n) is 14.2. The number of amides is 1. The lowest BCUT2D eigenvalue weighted by atomic mass is 9.90. The van der Waals surface area contributed by atoms with Crippen molar-refractivity contribution < 1.29 is 14.6 Å². The molecule has 0 unspecified atom stereocenters. The highest BCUT2D eigenvalue weighted by Crippen LogP contribution is 2.28. The molecule has 5 nitrogen and oxygen atoms in total. The number of nitrogens with zero attached hydrogens (tertiary/aromatic N) is 2. The fraction of sp³-hybridized carbons (Fsp3) is 0.611. The molecule has 0 bridgehead atoms.